The molecule has 5 heteroatoms. The highest BCUT2D eigenvalue weighted by Gasteiger charge is 2.10. The maximum Gasteiger partial charge on any atom is 0.243 e. The number of halogens is 1. The number of nitrogens with one attached hydrogen (secondary N) is 1. The van der Waals surface area contributed by atoms with Gasteiger partial charge < -0.3 is 16.0 Å². The van der Waals surface area contributed by atoms with Crippen LogP contribution in [0.5, 0.6) is 0 Å². The van der Waals surface area contributed by atoms with Crippen LogP contribution in [0.15, 0.2) is 48.5 Å². The third-order valence-corrected chi connectivity index (χ3v) is 3.12. The molecule has 4 nitrogen and oxygen atoms in total. The molecule has 0 bridgehead atoms. The highest BCUT2D eigenvalue weighted by molar-refractivity contribution is 5.94. The number of rotatable bonds is 5. The van der Waals surface area contributed by atoms with E-state index in [0.717, 1.165) is 5.69 Å². The Balaban J connectivity index is 2.01. The SMILES string of the molecule is CCN(CC(=O)Nc1ccc(F)c(N)c1)c1ccccc1. The molecule has 21 heavy (non-hydrogen) atoms. The van der Waals surface area contributed by atoms with Crippen LogP contribution in [0.2, 0.25) is 0 Å². The fraction of sp³-hybridized carbons (Fsp3) is 0.188. The number of para-hydroxylation sites is 1. The average Bonchev–Trinajstić information content (AvgIpc) is 2.49. The average molecular weight is 287 g/mol. The smallest absolute Gasteiger partial charge is 0.243 e. The lowest BCUT2D eigenvalue weighted by Crippen LogP contribution is -2.33. The normalized spacial score (nSPS) is 10.2. The van der Waals surface area contributed by atoms with Crippen LogP contribution in [-0.2, 0) is 4.79 Å². The van der Waals surface area contributed by atoms with Crippen molar-refractivity contribution in [1.82, 2.24) is 0 Å². The van der Waals surface area contributed by atoms with E-state index in [1.165, 1.54) is 18.2 Å². The molecule has 0 unspecified atom stereocenters. The molecule has 2 rings (SSSR count). The highest BCUT2D eigenvalue weighted by Crippen LogP contribution is 2.17. The Morgan fingerprint density at radius 2 is 1.95 bits per heavy atom. The number of carbonyl (C=O) groups excluding carboxylic acids is 1. The summed E-state index contributed by atoms with van der Waals surface area (Å²) >= 11 is 0. The van der Waals surface area contributed by atoms with Crippen molar-refractivity contribution in [3.63, 3.8) is 0 Å². The molecule has 2 aromatic carbocycles. The first-order valence-corrected chi connectivity index (χ1v) is 6.75. The number of benzene rings is 2. The Kier molecular flexibility index (Phi) is 4.77. The van der Waals surface area contributed by atoms with Crippen molar-refractivity contribution in [2.24, 2.45) is 0 Å². The molecule has 0 aliphatic rings. The van der Waals surface area contributed by atoms with E-state index < -0.39 is 5.82 Å². The zero-order valence-corrected chi connectivity index (χ0v) is 11.8. The minimum atomic E-state index is -0.493. The van der Waals surface area contributed by atoms with Crippen LogP contribution in [-0.4, -0.2) is 19.0 Å². The predicted molar refractivity (Wildman–Crippen MR) is 83.8 cm³/mol. The third kappa shape index (κ3) is 3.95. The van der Waals surface area contributed by atoms with Crippen LogP contribution in [0, 0.1) is 5.82 Å². The number of nitrogen functional groups attached to an aromatic ring is 1. The summed E-state index contributed by atoms with van der Waals surface area (Å²) in [4.78, 5) is 14.0. The van der Waals surface area contributed by atoms with E-state index in [4.69, 9.17) is 5.73 Å². The first kappa shape index (κ1) is 14.8. The van der Waals surface area contributed by atoms with Crippen LogP contribution in [0.1, 0.15) is 6.92 Å². The molecule has 0 saturated carbocycles. The van der Waals surface area contributed by atoms with Gasteiger partial charge in [-0.2, -0.15) is 0 Å². The lowest BCUT2D eigenvalue weighted by atomic mass is 10.2. The number of nitrogens with two attached hydrogens (primary N) is 1. The predicted octanol–water partition coefficient (Wildman–Crippen LogP) is 2.87. The Morgan fingerprint density at radius 1 is 1.24 bits per heavy atom. The summed E-state index contributed by atoms with van der Waals surface area (Å²) in [5, 5.41) is 2.72. The summed E-state index contributed by atoms with van der Waals surface area (Å²) in [5.74, 6) is -0.667. The molecule has 0 radical (unpaired) electrons. The van der Waals surface area contributed by atoms with Crippen molar-refractivity contribution >= 4 is 23.0 Å². The fourth-order valence-electron chi connectivity index (χ4n) is 2.02. The van der Waals surface area contributed by atoms with Crippen molar-refractivity contribution in [3.8, 4) is 0 Å². The van der Waals surface area contributed by atoms with Crippen LogP contribution in [0.4, 0.5) is 21.5 Å². The quantitative estimate of drug-likeness (QED) is 0.831. The monoisotopic (exact) mass is 287 g/mol. The van der Waals surface area contributed by atoms with Gasteiger partial charge in [0.05, 0.1) is 12.2 Å². The summed E-state index contributed by atoms with van der Waals surface area (Å²) in [5.41, 5.74) is 6.96. The van der Waals surface area contributed by atoms with Crippen LogP contribution < -0.4 is 16.0 Å². The van der Waals surface area contributed by atoms with Gasteiger partial charge in [-0.15, -0.1) is 0 Å². The van der Waals surface area contributed by atoms with E-state index in [1.54, 1.807) is 0 Å². The van der Waals surface area contributed by atoms with Gasteiger partial charge in [-0.05, 0) is 37.3 Å². The van der Waals surface area contributed by atoms with Crippen molar-refractivity contribution in [1.29, 1.82) is 0 Å². The molecule has 0 aromatic heterocycles. The minimum Gasteiger partial charge on any atom is -0.396 e. The molecule has 0 fully saturated rings. The van der Waals surface area contributed by atoms with E-state index in [1.807, 2.05) is 42.2 Å². The van der Waals surface area contributed by atoms with E-state index in [0.29, 0.717) is 12.2 Å². The topological polar surface area (TPSA) is 58.4 Å². The first-order valence-electron chi connectivity index (χ1n) is 6.75. The zero-order valence-electron chi connectivity index (χ0n) is 11.8. The van der Waals surface area contributed by atoms with Crippen molar-refractivity contribution in [2.75, 3.05) is 29.0 Å². The van der Waals surface area contributed by atoms with Crippen molar-refractivity contribution < 1.29 is 9.18 Å². The maximum atomic E-state index is 13.1. The Morgan fingerprint density at radius 3 is 2.57 bits per heavy atom. The molecular formula is C16H18FN3O. The summed E-state index contributed by atoms with van der Waals surface area (Å²) in [6.07, 6.45) is 0. The van der Waals surface area contributed by atoms with Gasteiger partial charge in [-0.25, -0.2) is 4.39 Å². The number of likely N-dealkylation sites (N-methyl/N-ethyl adjacent to an activating group) is 1. The standard InChI is InChI=1S/C16H18FN3O/c1-2-20(13-6-4-3-5-7-13)11-16(21)19-12-8-9-14(17)15(18)10-12/h3-10H,2,11,18H2,1H3,(H,19,21). The van der Waals surface area contributed by atoms with Gasteiger partial charge in [0.2, 0.25) is 5.91 Å². The Bertz CT molecular complexity index is 616. The molecular weight excluding hydrogens is 269 g/mol. The fourth-order valence-corrected chi connectivity index (χ4v) is 2.02. The van der Waals surface area contributed by atoms with Crippen LogP contribution >= 0.6 is 0 Å². The number of hydrogen-bond acceptors (Lipinski definition) is 3. The molecule has 0 atom stereocenters. The van der Waals surface area contributed by atoms with Gasteiger partial charge in [0.25, 0.3) is 0 Å². The number of carbonyl (C=O) groups is 1. The molecule has 0 aliphatic heterocycles. The van der Waals surface area contributed by atoms with E-state index in [2.05, 4.69) is 5.32 Å². The van der Waals surface area contributed by atoms with Gasteiger partial charge in [-0.3, -0.25) is 4.79 Å². The molecule has 0 saturated heterocycles. The third-order valence-electron chi connectivity index (χ3n) is 3.12. The number of nitrogens with zero attached hydrogens (tertiary/aromatic N) is 1. The minimum absolute atomic E-state index is 0.0169. The van der Waals surface area contributed by atoms with E-state index in [9.17, 15) is 9.18 Å². The first-order chi connectivity index (χ1) is 10.1. The van der Waals surface area contributed by atoms with Crippen LogP contribution in [0.3, 0.4) is 0 Å². The summed E-state index contributed by atoms with van der Waals surface area (Å²) < 4.78 is 13.1. The van der Waals surface area contributed by atoms with E-state index >= 15 is 0 Å². The second-order valence-corrected chi connectivity index (χ2v) is 4.63. The summed E-state index contributed by atoms with van der Waals surface area (Å²) in [6.45, 7) is 2.91. The molecule has 3 N–H and O–H groups in total. The highest BCUT2D eigenvalue weighted by atomic mass is 19.1. The van der Waals surface area contributed by atoms with Gasteiger partial charge in [0.1, 0.15) is 5.82 Å². The second-order valence-electron chi connectivity index (χ2n) is 4.63. The number of amides is 1. The van der Waals surface area contributed by atoms with Gasteiger partial charge in [0.15, 0.2) is 0 Å². The lowest BCUT2D eigenvalue weighted by Gasteiger charge is -2.22. The molecule has 110 valence electrons. The van der Waals surface area contributed by atoms with E-state index in [-0.39, 0.29) is 18.1 Å². The molecule has 0 spiro atoms. The Hall–Kier alpha value is -2.56. The molecule has 0 heterocycles. The number of anilines is 3. The van der Waals surface area contributed by atoms with Gasteiger partial charge in [-0.1, -0.05) is 18.2 Å². The summed E-state index contributed by atoms with van der Waals surface area (Å²) in [7, 11) is 0. The molecule has 1 amide bonds. The van der Waals surface area contributed by atoms with Gasteiger partial charge in [0, 0.05) is 17.9 Å². The summed E-state index contributed by atoms with van der Waals surface area (Å²) in [6, 6.07) is 13.8. The van der Waals surface area contributed by atoms with Crippen molar-refractivity contribution in [2.45, 2.75) is 6.92 Å². The maximum absolute atomic E-state index is 13.1. The van der Waals surface area contributed by atoms with Crippen molar-refractivity contribution in [3.05, 3.63) is 54.3 Å². The second kappa shape index (κ2) is 6.74. The molecule has 2 aromatic rings. The molecule has 0 aliphatic carbocycles. The zero-order chi connectivity index (χ0) is 15.2. The lowest BCUT2D eigenvalue weighted by molar-refractivity contribution is -0.115. The Labute approximate surface area is 123 Å². The van der Waals surface area contributed by atoms with Crippen LogP contribution in [0.25, 0.3) is 0 Å². The number of hydrogen-bond donors (Lipinski definition) is 2. The van der Waals surface area contributed by atoms with Gasteiger partial charge >= 0.3 is 0 Å². The largest absolute Gasteiger partial charge is 0.396 e.